The Morgan fingerprint density at radius 1 is 1.24 bits per heavy atom. The molecule has 1 saturated heterocycles. The van der Waals surface area contributed by atoms with Crippen LogP contribution in [-0.4, -0.2) is 61.9 Å². The molecule has 1 atom stereocenters. The molecule has 1 aromatic heterocycles. The highest BCUT2D eigenvalue weighted by Crippen LogP contribution is 2.36. The lowest BCUT2D eigenvalue weighted by Crippen LogP contribution is -2.38. The Hall–Kier alpha value is -1.15. The van der Waals surface area contributed by atoms with Crippen LogP contribution in [0, 0.1) is 0 Å². The summed E-state index contributed by atoms with van der Waals surface area (Å²) in [7, 11) is 0. The average Bonchev–Trinajstić information content (AvgIpc) is 3.41. The van der Waals surface area contributed by atoms with Crippen LogP contribution in [0.5, 0.6) is 0 Å². The number of carbonyl (C=O) groups excluding carboxylic acids is 1. The van der Waals surface area contributed by atoms with Crippen molar-refractivity contribution in [1.82, 2.24) is 30.4 Å². The number of likely N-dealkylation sites (tertiary alicyclic amines) is 1. The molecule has 4 rings (SSSR count). The fourth-order valence-corrected chi connectivity index (χ4v) is 3.66. The number of rotatable bonds is 6. The topological polar surface area (TPSA) is 75.9 Å². The number of aromatic nitrogens is 4. The molecule has 8 heteroatoms. The summed E-state index contributed by atoms with van der Waals surface area (Å²) >= 11 is 1.43. The molecule has 1 amide bonds. The number of hydrogen-bond donors (Lipinski definition) is 1. The van der Waals surface area contributed by atoms with Crippen molar-refractivity contribution in [2.24, 2.45) is 0 Å². The van der Waals surface area contributed by atoms with Gasteiger partial charge in [0.15, 0.2) is 0 Å². The van der Waals surface area contributed by atoms with Crippen LogP contribution in [0.25, 0.3) is 0 Å². The van der Waals surface area contributed by atoms with Crippen molar-refractivity contribution in [2.45, 2.75) is 55.4 Å². The maximum Gasteiger partial charge on any atom is 0.230 e. The number of thioether (sulfide) groups is 1. The van der Waals surface area contributed by atoms with Gasteiger partial charge >= 0.3 is 0 Å². The highest BCUT2D eigenvalue weighted by Gasteiger charge is 2.34. The molecule has 7 nitrogen and oxygen atoms in total. The third-order valence-corrected chi connectivity index (χ3v) is 5.27. The van der Waals surface area contributed by atoms with E-state index in [9.17, 15) is 4.79 Å². The van der Waals surface area contributed by atoms with Gasteiger partial charge in [0.05, 0.1) is 11.8 Å². The minimum Gasteiger partial charge on any atom is -0.351 e. The first-order chi connectivity index (χ1) is 10.3. The summed E-state index contributed by atoms with van der Waals surface area (Å²) in [6, 6.07) is 1.56. The van der Waals surface area contributed by atoms with E-state index in [2.05, 4.69) is 25.7 Å². The van der Waals surface area contributed by atoms with E-state index < -0.39 is 0 Å². The predicted octanol–water partition coefficient (Wildman–Crippen LogP) is 0.453. The van der Waals surface area contributed by atoms with E-state index in [4.69, 9.17) is 0 Å². The molecule has 1 N–H and O–H groups in total. The quantitative estimate of drug-likeness (QED) is 0.769. The second-order valence-electron chi connectivity index (χ2n) is 6.21. The SMILES string of the molecule is O=C(CSc1nnnn1C1CC1)N[C@@H]1CCN(C2CC2)C1. The van der Waals surface area contributed by atoms with E-state index in [1.807, 2.05) is 4.68 Å². The second-order valence-corrected chi connectivity index (χ2v) is 7.15. The molecule has 0 unspecified atom stereocenters. The Balaban J connectivity index is 1.23. The number of carbonyl (C=O) groups is 1. The van der Waals surface area contributed by atoms with Crippen molar-refractivity contribution >= 4 is 17.7 Å². The second kappa shape index (κ2) is 5.57. The van der Waals surface area contributed by atoms with Crippen molar-refractivity contribution in [3.05, 3.63) is 0 Å². The summed E-state index contributed by atoms with van der Waals surface area (Å²) < 4.78 is 1.85. The van der Waals surface area contributed by atoms with Crippen LogP contribution < -0.4 is 5.32 Å². The lowest BCUT2D eigenvalue weighted by molar-refractivity contribution is -0.119. The first-order valence-corrected chi connectivity index (χ1v) is 8.72. The van der Waals surface area contributed by atoms with Gasteiger partial charge in [-0.05, 0) is 42.5 Å². The van der Waals surface area contributed by atoms with E-state index in [1.54, 1.807) is 0 Å². The van der Waals surface area contributed by atoms with Crippen molar-refractivity contribution in [2.75, 3.05) is 18.8 Å². The van der Waals surface area contributed by atoms with E-state index in [1.165, 1.54) is 24.6 Å². The first kappa shape index (κ1) is 13.5. The van der Waals surface area contributed by atoms with Crippen molar-refractivity contribution in [3.8, 4) is 0 Å². The third kappa shape index (κ3) is 3.21. The van der Waals surface area contributed by atoms with Gasteiger partial charge in [0.2, 0.25) is 11.1 Å². The molecule has 1 aromatic rings. The van der Waals surface area contributed by atoms with Crippen LogP contribution in [-0.2, 0) is 4.79 Å². The normalized spacial score (nSPS) is 26.2. The maximum absolute atomic E-state index is 12.1. The Labute approximate surface area is 127 Å². The molecule has 2 heterocycles. The van der Waals surface area contributed by atoms with Crippen molar-refractivity contribution in [1.29, 1.82) is 0 Å². The average molecular weight is 308 g/mol. The molecule has 2 saturated carbocycles. The van der Waals surface area contributed by atoms with Crippen LogP contribution in [0.1, 0.15) is 38.1 Å². The van der Waals surface area contributed by atoms with Crippen LogP contribution in [0.4, 0.5) is 0 Å². The molecule has 0 aromatic carbocycles. The minimum absolute atomic E-state index is 0.0907. The van der Waals surface area contributed by atoms with Gasteiger partial charge in [-0.25, -0.2) is 4.68 Å². The Morgan fingerprint density at radius 3 is 2.81 bits per heavy atom. The van der Waals surface area contributed by atoms with Crippen LogP contribution in [0.2, 0.25) is 0 Å². The van der Waals surface area contributed by atoms with Gasteiger partial charge in [0.1, 0.15) is 0 Å². The fraction of sp³-hybridized carbons (Fsp3) is 0.846. The van der Waals surface area contributed by atoms with Gasteiger partial charge in [-0.2, -0.15) is 0 Å². The van der Waals surface area contributed by atoms with Gasteiger partial charge in [-0.15, -0.1) is 5.10 Å². The molecule has 1 aliphatic heterocycles. The van der Waals surface area contributed by atoms with Crippen LogP contribution >= 0.6 is 11.8 Å². The number of nitrogens with zero attached hydrogens (tertiary/aromatic N) is 5. The number of hydrogen-bond acceptors (Lipinski definition) is 6. The lowest BCUT2D eigenvalue weighted by Gasteiger charge is -2.15. The van der Waals surface area contributed by atoms with E-state index >= 15 is 0 Å². The zero-order valence-corrected chi connectivity index (χ0v) is 12.8. The zero-order valence-electron chi connectivity index (χ0n) is 11.9. The molecule has 0 bridgehead atoms. The first-order valence-electron chi connectivity index (χ1n) is 7.73. The third-order valence-electron chi connectivity index (χ3n) is 4.34. The van der Waals surface area contributed by atoms with Crippen LogP contribution in [0.15, 0.2) is 5.16 Å². The summed E-state index contributed by atoms with van der Waals surface area (Å²) in [4.78, 5) is 14.6. The zero-order chi connectivity index (χ0) is 14.2. The summed E-state index contributed by atoms with van der Waals surface area (Å²) in [6.45, 7) is 2.14. The van der Waals surface area contributed by atoms with Gasteiger partial charge < -0.3 is 5.32 Å². The van der Waals surface area contributed by atoms with Gasteiger partial charge in [0, 0.05) is 25.2 Å². The highest BCUT2D eigenvalue weighted by atomic mass is 32.2. The van der Waals surface area contributed by atoms with E-state index in [0.29, 0.717) is 17.8 Å². The minimum atomic E-state index is 0.0907. The monoisotopic (exact) mass is 308 g/mol. The molecule has 0 radical (unpaired) electrons. The smallest absolute Gasteiger partial charge is 0.230 e. The molecule has 0 spiro atoms. The molecule has 21 heavy (non-hydrogen) atoms. The Kier molecular flexibility index (Phi) is 3.58. The van der Waals surface area contributed by atoms with Crippen molar-refractivity contribution in [3.63, 3.8) is 0 Å². The van der Waals surface area contributed by atoms with Gasteiger partial charge in [0.25, 0.3) is 0 Å². The van der Waals surface area contributed by atoms with Crippen LogP contribution in [0.3, 0.4) is 0 Å². The summed E-state index contributed by atoms with van der Waals surface area (Å²) in [5.41, 5.74) is 0. The van der Waals surface area contributed by atoms with E-state index in [-0.39, 0.29) is 5.91 Å². The van der Waals surface area contributed by atoms with Crippen molar-refractivity contribution < 1.29 is 4.79 Å². The molecule has 114 valence electrons. The summed E-state index contributed by atoms with van der Waals surface area (Å²) in [6.07, 6.45) is 6.03. The molecule has 3 fully saturated rings. The fourth-order valence-electron chi connectivity index (χ4n) is 2.90. The highest BCUT2D eigenvalue weighted by molar-refractivity contribution is 7.99. The van der Waals surface area contributed by atoms with Gasteiger partial charge in [-0.3, -0.25) is 9.69 Å². The Bertz CT molecular complexity index is 526. The Morgan fingerprint density at radius 2 is 2.05 bits per heavy atom. The predicted molar refractivity (Wildman–Crippen MR) is 78.0 cm³/mol. The van der Waals surface area contributed by atoms with E-state index in [0.717, 1.165) is 43.6 Å². The standard InChI is InChI=1S/C13H20N6OS/c20-12(14-9-5-6-18(7-9)10-1-2-10)8-21-13-15-16-17-19(13)11-3-4-11/h9-11H,1-8H2,(H,14,20)/t9-/m1/s1. The largest absolute Gasteiger partial charge is 0.351 e. The van der Waals surface area contributed by atoms with Gasteiger partial charge in [-0.1, -0.05) is 11.8 Å². The summed E-state index contributed by atoms with van der Waals surface area (Å²) in [5.74, 6) is 0.487. The molecule has 2 aliphatic carbocycles. The lowest BCUT2D eigenvalue weighted by atomic mass is 10.2. The number of nitrogens with one attached hydrogen (secondary N) is 1. The summed E-state index contributed by atoms with van der Waals surface area (Å²) in [5, 5.41) is 15.6. The molecular weight excluding hydrogens is 288 g/mol. The molecule has 3 aliphatic rings. The number of tetrazole rings is 1. The number of amides is 1. The maximum atomic E-state index is 12.1. The molecular formula is C13H20N6OS.